The molecule has 0 aliphatic heterocycles. The van der Waals surface area contributed by atoms with Crippen LogP contribution in [0.5, 0.6) is 0 Å². The zero-order valence-corrected chi connectivity index (χ0v) is 14.3. The molecular formula is C18H13F3N2O2S. The van der Waals surface area contributed by atoms with E-state index in [0.29, 0.717) is 22.1 Å². The minimum Gasteiger partial charge on any atom is -0.478 e. The van der Waals surface area contributed by atoms with Crippen LogP contribution in [0.1, 0.15) is 20.8 Å². The van der Waals surface area contributed by atoms with Crippen molar-refractivity contribution in [1.82, 2.24) is 4.98 Å². The van der Waals surface area contributed by atoms with Crippen molar-refractivity contribution >= 4 is 28.1 Å². The zero-order valence-electron chi connectivity index (χ0n) is 13.5. The first-order valence-electron chi connectivity index (χ1n) is 7.49. The van der Waals surface area contributed by atoms with Gasteiger partial charge in [0.2, 0.25) is 0 Å². The van der Waals surface area contributed by atoms with Crippen molar-refractivity contribution in [3.05, 3.63) is 64.5 Å². The van der Waals surface area contributed by atoms with Crippen molar-refractivity contribution in [1.29, 1.82) is 0 Å². The molecule has 0 aliphatic rings. The molecule has 0 radical (unpaired) electrons. The van der Waals surface area contributed by atoms with Crippen molar-refractivity contribution in [3.63, 3.8) is 0 Å². The second kappa shape index (κ2) is 6.80. The highest BCUT2D eigenvalue weighted by Gasteiger charge is 2.30. The molecule has 0 saturated heterocycles. The smallest absolute Gasteiger partial charge is 0.416 e. The summed E-state index contributed by atoms with van der Waals surface area (Å²) in [7, 11) is 0. The Morgan fingerprint density at radius 3 is 2.46 bits per heavy atom. The number of alkyl halides is 3. The molecule has 2 aromatic carbocycles. The number of carboxylic acids is 1. The Bertz CT molecular complexity index is 950. The number of anilines is 2. The summed E-state index contributed by atoms with van der Waals surface area (Å²) in [4.78, 5) is 16.3. The van der Waals surface area contributed by atoms with Crippen molar-refractivity contribution < 1.29 is 23.1 Å². The monoisotopic (exact) mass is 378 g/mol. The molecule has 0 aliphatic carbocycles. The highest BCUT2D eigenvalue weighted by molar-refractivity contribution is 7.16. The summed E-state index contributed by atoms with van der Waals surface area (Å²) in [6, 6.07) is 11.1. The summed E-state index contributed by atoms with van der Waals surface area (Å²) in [5, 5.41) is 12.6. The van der Waals surface area contributed by atoms with E-state index in [4.69, 9.17) is 5.11 Å². The summed E-state index contributed by atoms with van der Waals surface area (Å²) in [6.07, 6.45) is -4.38. The van der Waals surface area contributed by atoms with Crippen molar-refractivity contribution in [2.75, 3.05) is 5.32 Å². The van der Waals surface area contributed by atoms with Gasteiger partial charge in [0.1, 0.15) is 0 Å². The first-order valence-corrected chi connectivity index (χ1v) is 8.31. The van der Waals surface area contributed by atoms with Gasteiger partial charge in [-0.25, -0.2) is 9.78 Å². The predicted molar refractivity (Wildman–Crippen MR) is 94.0 cm³/mol. The Kier molecular flexibility index (Phi) is 4.69. The predicted octanol–water partition coefficient (Wildman–Crippen LogP) is 5.58. The van der Waals surface area contributed by atoms with Crippen LogP contribution in [0.4, 0.5) is 24.0 Å². The number of thiazole rings is 1. The van der Waals surface area contributed by atoms with E-state index < -0.39 is 17.7 Å². The largest absolute Gasteiger partial charge is 0.478 e. The van der Waals surface area contributed by atoms with E-state index in [9.17, 15) is 18.0 Å². The highest BCUT2D eigenvalue weighted by atomic mass is 32.1. The Balaban J connectivity index is 1.85. The van der Waals surface area contributed by atoms with Crippen molar-refractivity contribution in [2.45, 2.75) is 13.1 Å². The summed E-state index contributed by atoms with van der Waals surface area (Å²) >= 11 is 1.34. The molecule has 0 unspecified atom stereocenters. The maximum Gasteiger partial charge on any atom is 0.416 e. The van der Waals surface area contributed by atoms with Gasteiger partial charge in [-0.05, 0) is 37.3 Å². The van der Waals surface area contributed by atoms with Crippen LogP contribution in [0.2, 0.25) is 0 Å². The van der Waals surface area contributed by atoms with Crippen LogP contribution in [0.15, 0.2) is 48.5 Å². The number of hydrogen-bond acceptors (Lipinski definition) is 4. The van der Waals surface area contributed by atoms with Gasteiger partial charge in [-0.15, -0.1) is 11.3 Å². The molecular weight excluding hydrogens is 365 g/mol. The topological polar surface area (TPSA) is 62.2 Å². The van der Waals surface area contributed by atoms with E-state index in [2.05, 4.69) is 10.3 Å². The van der Waals surface area contributed by atoms with Gasteiger partial charge < -0.3 is 10.4 Å². The number of halogens is 3. The Hall–Kier alpha value is -2.87. The van der Waals surface area contributed by atoms with E-state index >= 15 is 0 Å². The second-order valence-electron chi connectivity index (χ2n) is 5.51. The molecule has 1 heterocycles. The third-order valence-electron chi connectivity index (χ3n) is 3.64. The van der Waals surface area contributed by atoms with E-state index in [0.717, 1.165) is 17.0 Å². The summed E-state index contributed by atoms with van der Waals surface area (Å²) in [5.41, 5.74) is 1.17. The molecule has 0 fully saturated rings. The van der Waals surface area contributed by atoms with Crippen LogP contribution in [0.3, 0.4) is 0 Å². The van der Waals surface area contributed by atoms with Gasteiger partial charge in [0.15, 0.2) is 5.13 Å². The number of aromatic nitrogens is 1. The number of carbonyl (C=O) groups is 1. The maximum atomic E-state index is 12.7. The third-order valence-corrected chi connectivity index (χ3v) is 4.53. The van der Waals surface area contributed by atoms with Crippen LogP contribution in [-0.4, -0.2) is 16.1 Å². The van der Waals surface area contributed by atoms with Gasteiger partial charge in [0.05, 0.1) is 16.8 Å². The molecule has 26 heavy (non-hydrogen) atoms. The molecule has 2 N–H and O–H groups in total. The minimum absolute atomic E-state index is 0.145. The first-order chi connectivity index (χ1) is 12.2. The molecule has 1 aromatic heterocycles. The fourth-order valence-electron chi connectivity index (χ4n) is 2.39. The van der Waals surface area contributed by atoms with Crippen molar-refractivity contribution in [3.8, 4) is 11.3 Å². The SMILES string of the molecule is Cc1sc(Nc2cccc(C(=O)O)c2)nc1-c1ccc(C(F)(F)F)cc1. The number of hydrogen-bond donors (Lipinski definition) is 2. The zero-order chi connectivity index (χ0) is 18.9. The molecule has 0 atom stereocenters. The molecule has 8 heteroatoms. The highest BCUT2D eigenvalue weighted by Crippen LogP contribution is 2.34. The van der Waals surface area contributed by atoms with Gasteiger partial charge in [-0.3, -0.25) is 0 Å². The van der Waals surface area contributed by atoms with E-state index in [-0.39, 0.29) is 5.56 Å². The number of nitrogens with one attached hydrogen (secondary N) is 1. The van der Waals surface area contributed by atoms with Gasteiger partial charge in [0.25, 0.3) is 0 Å². The van der Waals surface area contributed by atoms with Gasteiger partial charge in [0, 0.05) is 16.1 Å². The van der Waals surface area contributed by atoms with Crippen LogP contribution >= 0.6 is 11.3 Å². The molecule has 0 saturated carbocycles. The lowest BCUT2D eigenvalue weighted by Gasteiger charge is -2.07. The first kappa shape index (κ1) is 17.9. The summed E-state index contributed by atoms with van der Waals surface area (Å²) < 4.78 is 38.0. The fraction of sp³-hybridized carbons (Fsp3) is 0.111. The number of carboxylic acid groups (broad SMARTS) is 1. The van der Waals surface area contributed by atoms with Crippen molar-refractivity contribution in [2.24, 2.45) is 0 Å². The number of aromatic carboxylic acids is 1. The standard InChI is InChI=1S/C18H13F3N2O2S/c1-10-15(11-5-7-13(8-6-11)18(19,20)21)23-17(26-10)22-14-4-2-3-12(9-14)16(24)25/h2-9H,1H3,(H,22,23)(H,24,25). The fourth-order valence-corrected chi connectivity index (χ4v) is 3.24. The lowest BCUT2D eigenvalue weighted by Crippen LogP contribution is -2.04. The summed E-state index contributed by atoms with van der Waals surface area (Å²) in [6.45, 7) is 1.82. The van der Waals surface area contributed by atoms with Crippen LogP contribution in [-0.2, 0) is 6.18 Å². The Labute approximate surface area is 151 Å². The molecule has 3 aromatic rings. The van der Waals surface area contributed by atoms with E-state index in [1.165, 1.54) is 35.6 Å². The molecule has 0 spiro atoms. The second-order valence-corrected chi connectivity index (χ2v) is 6.71. The minimum atomic E-state index is -4.38. The third kappa shape index (κ3) is 3.85. The van der Waals surface area contributed by atoms with Gasteiger partial charge >= 0.3 is 12.1 Å². The average molecular weight is 378 g/mol. The quantitative estimate of drug-likeness (QED) is 0.622. The molecule has 0 bridgehead atoms. The van der Waals surface area contributed by atoms with E-state index in [1.54, 1.807) is 12.1 Å². The molecule has 134 valence electrons. The number of nitrogens with zero attached hydrogens (tertiary/aromatic N) is 1. The van der Waals surface area contributed by atoms with Gasteiger partial charge in [-0.1, -0.05) is 18.2 Å². The lowest BCUT2D eigenvalue weighted by molar-refractivity contribution is -0.137. The maximum absolute atomic E-state index is 12.7. The molecule has 4 nitrogen and oxygen atoms in total. The van der Waals surface area contributed by atoms with Crippen LogP contribution in [0, 0.1) is 6.92 Å². The molecule has 3 rings (SSSR count). The normalized spacial score (nSPS) is 11.4. The van der Waals surface area contributed by atoms with Crippen LogP contribution < -0.4 is 5.32 Å². The molecule has 0 amide bonds. The Morgan fingerprint density at radius 1 is 1.15 bits per heavy atom. The van der Waals surface area contributed by atoms with Gasteiger partial charge in [-0.2, -0.15) is 13.2 Å². The lowest BCUT2D eigenvalue weighted by atomic mass is 10.1. The van der Waals surface area contributed by atoms with E-state index in [1.807, 2.05) is 6.92 Å². The Morgan fingerprint density at radius 2 is 1.85 bits per heavy atom. The summed E-state index contributed by atoms with van der Waals surface area (Å²) in [5.74, 6) is -1.03. The number of aryl methyl sites for hydroxylation is 1. The van der Waals surface area contributed by atoms with Crippen LogP contribution in [0.25, 0.3) is 11.3 Å². The average Bonchev–Trinajstić information content (AvgIpc) is 2.94. The number of benzene rings is 2. The number of rotatable bonds is 4.